The molecule has 1 aromatic carbocycles. The zero-order chi connectivity index (χ0) is 29.1. The summed E-state index contributed by atoms with van der Waals surface area (Å²) >= 11 is 0. The van der Waals surface area contributed by atoms with Gasteiger partial charge in [-0.1, -0.05) is 18.2 Å². The van der Waals surface area contributed by atoms with Crippen molar-refractivity contribution in [3.63, 3.8) is 0 Å². The van der Waals surface area contributed by atoms with Gasteiger partial charge in [-0.2, -0.15) is 18.3 Å². The van der Waals surface area contributed by atoms with Crippen LogP contribution < -0.4 is 11.2 Å². The Labute approximate surface area is 228 Å². The molecule has 0 amide bonds. The fourth-order valence-electron chi connectivity index (χ4n) is 4.45. The maximum atomic E-state index is 13.7. The summed E-state index contributed by atoms with van der Waals surface area (Å²) in [5.41, 5.74) is -2.97. The average molecular weight is 563 g/mol. The Morgan fingerprint density at radius 1 is 0.829 bits per heavy atom. The summed E-state index contributed by atoms with van der Waals surface area (Å²) in [7, 11) is 0. The quantitative estimate of drug-likeness (QED) is 0.208. The van der Waals surface area contributed by atoms with Crippen LogP contribution in [0.4, 0.5) is 18.9 Å². The molecule has 0 aliphatic carbocycles. The molecule has 208 valence electrons. The van der Waals surface area contributed by atoms with Crippen LogP contribution in [-0.4, -0.2) is 33.8 Å². The molecule has 41 heavy (non-hydrogen) atoms. The van der Waals surface area contributed by atoms with Crippen LogP contribution in [-0.2, 0) is 25.8 Å². The van der Waals surface area contributed by atoms with Gasteiger partial charge in [0.1, 0.15) is 5.69 Å². The summed E-state index contributed by atoms with van der Waals surface area (Å²) in [6, 6.07) is 11.3. The van der Waals surface area contributed by atoms with E-state index in [2.05, 4.69) is 15.1 Å². The molecular formula is C27H20F3N7O4. The monoisotopic (exact) mass is 563 g/mol. The van der Waals surface area contributed by atoms with Crippen molar-refractivity contribution in [1.82, 2.24) is 28.9 Å². The second kappa shape index (κ2) is 11.0. The van der Waals surface area contributed by atoms with Crippen LogP contribution in [0.25, 0.3) is 11.3 Å². The Morgan fingerprint density at radius 3 is 2.00 bits per heavy atom. The van der Waals surface area contributed by atoms with Crippen molar-refractivity contribution in [3.8, 4) is 11.3 Å². The SMILES string of the molecule is O=c1c([N+](=O)[O-])c(-c2cnn(Cc3ccccc3C(F)(F)F)c2)n(Cc2ccncc2)c(=O)n1Cc1ccncc1. The lowest BCUT2D eigenvalue weighted by Gasteiger charge is -2.15. The highest BCUT2D eigenvalue weighted by Crippen LogP contribution is 2.32. The molecule has 0 aliphatic rings. The van der Waals surface area contributed by atoms with Gasteiger partial charge in [0.15, 0.2) is 0 Å². The number of alkyl halides is 3. The third-order valence-electron chi connectivity index (χ3n) is 6.33. The number of rotatable bonds is 8. The van der Waals surface area contributed by atoms with Crippen LogP contribution in [0.3, 0.4) is 0 Å². The van der Waals surface area contributed by atoms with Crippen molar-refractivity contribution in [2.24, 2.45) is 0 Å². The van der Waals surface area contributed by atoms with Crippen LogP contribution >= 0.6 is 0 Å². The molecule has 0 unspecified atom stereocenters. The molecule has 4 aromatic heterocycles. The number of hydrogen-bond donors (Lipinski definition) is 0. The lowest BCUT2D eigenvalue weighted by molar-refractivity contribution is -0.386. The second-order valence-corrected chi connectivity index (χ2v) is 9.01. The van der Waals surface area contributed by atoms with Crippen LogP contribution in [0.5, 0.6) is 0 Å². The van der Waals surface area contributed by atoms with Gasteiger partial charge in [0.05, 0.1) is 36.3 Å². The zero-order valence-corrected chi connectivity index (χ0v) is 21.1. The van der Waals surface area contributed by atoms with Crippen LogP contribution in [0, 0.1) is 10.1 Å². The maximum absolute atomic E-state index is 13.7. The van der Waals surface area contributed by atoms with E-state index in [0.29, 0.717) is 11.1 Å². The molecule has 0 aliphatic heterocycles. The van der Waals surface area contributed by atoms with E-state index in [0.717, 1.165) is 19.9 Å². The van der Waals surface area contributed by atoms with Crippen molar-refractivity contribution in [2.45, 2.75) is 25.8 Å². The average Bonchev–Trinajstić information content (AvgIpc) is 3.41. The molecule has 0 bridgehead atoms. The zero-order valence-electron chi connectivity index (χ0n) is 21.1. The molecule has 14 heteroatoms. The highest BCUT2D eigenvalue weighted by molar-refractivity contribution is 5.68. The molecule has 0 spiro atoms. The van der Waals surface area contributed by atoms with Crippen LogP contribution in [0.15, 0.2) is 95.3 Å². The number of aromatic nitrogens is 6. The smallest absolute Gasteiger partial charge is 0.282 e. The topological polar surface area (TPSA) is 131 Å². The Balaban J connectivity index is 1.68. The fraction of sp³-hybridized carbons (Fsp3) is 0.148. The van der Waals surface area contributed by atoms with Crippen molar-refractivity contribution < 1.29 is 18.1 Å². The number of hydrogen-bond acceptors (Lipinski definition) is 7. The molecule has 0 saturated carbocycles. The number of nitro groups is 1. The van der Waals surface area contributed by atoms with Crippen molar-refractivity contribution >= 4 is 5.69 Å². The van der Waals surface area contributed by atoms with Crippen LogP contribution in [0.2, 0.25) is 0 Å². The first-order valence-corrected chi connectivity index (χ1v) is 12.1. The summed E-state index contributed by atoms with van der Waals surface area (Å²) in [5.74, 6) is 0. The molecular weight excluding hydrogens is 543 g/mol. The summed E-state index contributed by atoms with van der Waals surface area (Å²) in [6.07, 6.45) is 3.73. The second-order valence-electron chi connectivity index (χ2n) is 9.01. The number of halogens is 3. The number of pyridine rings is 2. The van der Waals surface area contributed by atoms with Gasteiger partial charge in [0.25, 0.3) is 0 Å². The van der Waals surface area contributed by atoms with Gasteiger partial charge in [-0.05, 0) is 47.0 Å². The normalized spacial score (nSPS) is 11.5. The van der Waals surface area contributed by atoms with E-state index in [-0.39, 0.29) is 36.5 Å². The lowest BCUT2D eigenvalue weighted by atomic mass is 10.1. The van der Waals surface area contributed by atoms with E-state index in [1.54, 1.807) is 24.3 Å². The summed E-state index contributed by atoms with van der Waals surface area (Å²) in [5, 5.41) is 16.4. The van der Waals surface area contributed by atoms with Gasteiger partial charge in [0.2, 0.25) is 0 Å². The van der Waals surface area contributed by atoms with Gasteiger partial charge in [-0.3, -0.25) is 34.1 Å². The Morgan fingerprint density at radius 2 is 1.41 bits per heavy atom. The van der Waals surface area contributed by atoms with Gasteiger partial charge < -0.3 is 0 Å². The standard InChI is InChI=1S/C27H20F3N7O4/c28-27(29,30)22-4-2-1-3-20(22)16-34-17-21(13-33-34)23-24(37(40)41)25(38)36(15-19-7-11-32-12-8-19)26(39)35(23)14-18-5-9-31-10-6-18/h1-13,17H,14-16H2. The van der Waals surface area contributed by atoms with Crippen molar-refractivity contribution in [2.75, 3.05) is 0 Å². The van der Waals surface area contributed by atoms with E-state index < -0.39 is 33.6 Å². The Kier molecular flexibility index (Phi) is 7.29. The Hall–Kier alpha value is -5.40. The van der Waals surface area contributed by atoms with Crippen LogP contribution in [0.1, 0.15) is 22.3 Å². The highest BCUT2D eigenvalue weighted by Gasteiger charge is 2.33. The fourth-order valence-corrected chi connectivity index (χ4v) is 4.45. The first kappa shape index (κ1) is 27.2. The van der Waals surface area contributed by atoms with Gasteiger partial charge in [0, 0.05) is 36.5 Å². The summed E-state index contributed by atoms with van der Waals surface area (Å²) < 4.78 is 43.6. The molecule has 0 saturated heterocycles. The Bertz CT molecular complexity index is 1830. The minimum Gasteiger partial charge on any atom is -0.282 e. The van der Waals surface area contributed by atoms with E-state index in [4.69, 9.17) is 0 Å². The molecule has 5 aromatic rings. The number of nitrogens with zero attached hydrogens (tertiary/aromatic N) is 7. The van der Waals surface area contributed by atoms with E-state index in [1.807, 2.05) is 0 Å². The summed E-state index contributed by atoms with van der Waals surface area (Å²) in [6.45, 7) is -0.710. The van der Waals surface area contributed by atoms with Gasteiger partial charge >= 0.3 is 23.1 Å². The molecule has 0 radical (unpaired) electrons. The maximum Gasteiger partial charge on any atom is 0.416 e. The lowest BCUT2D eigenvalue weighted by Crippen LogP contribution is -2.42. The molecule has 0 N–H and O–H groups in total. The van der Waals surface area contributed by atoms with Gasteiger partial charge in [-0.15, -0.1) is 0 Å². The highest BCUT2D eigenvalue weighted by atomic mass is 19.4. The van der Waals surface area contributed by atoms with Crippen molar-refractivity contribution in [1.29, 1.82) is 0 Å². The van der Waals surface area contributed by atoms with E-state index in [1.165, 1.54) is 55.4 Å². The molecule has 4 heterocycles. The predicted octanol–water partition coefficient (Wildman–Crippen LogP) is 3.74. The first-order valence-electron chi connectivity index (χ1n) is 12.1. The first-order chi connectivity index (χ1) is 19.6. The summed E-state index contributed by atoms with van der Waals surface area (Å²) in [4.78, 5) is 46.4. The van der Waals surface area contributed by atoms with E-state index in [9.17, 15) is 32.9 Å². The largest absolute Gasteiger partial charge is 0.416 e. The van der Waals surface area contributed by atoms with Crippen molar-refractivity contribution in [3.05, 3.63) is 139 Å². The molecule has 0 fully saturated rings. The van der Waals surface area contributed by atoms with Gasteiger partial charge in [-0.25, -0.2) is 9.36 Å². The number of benzene rings is 1. The third-order valence-corrected chi connectivity index (χ3v) is 6.33. The third kappa shape index (κ3) is 5.66. The molecule has 11 nitrogen and oxygen atoms in total. The minimum atomic E-state index is -4.60. The predicted molar refractivity (Wildman–Crippen MR) is 140 cm³/mol. The molecule has 0 atom stereocenters. The minimum absolute atomic E-state index is 0.0144. The van der Waals surface area contributed by atoms with E-state index >= 15 is 0 Å². The molecule has 5 rings (SSSR count).